The predicted octanol–water partition coefficient (Wildman–Crippen LogP) is 2.83. The number of hydrogen-bond acceptors (Lipinski definition) is 4. The molecule has 136 valence electrons. The Kier molecular flexibility index (Phi) is 6.13. The molecule has 6 nitrogen and oxygen atoms in total. The van der Waals surface area contributed by atoms with E-state index in [2.05, 4.69) is 36.3 Å². The van der Waals surface area contributed by atoms with Crippen molar-refractivity contribution in [1.29, 1.82) is 0 Å². The topological polar surface area (TPSA) is 82.9 Å². The number of carbonyl (C=O) groups excluding carboxylic acids is 1. The Labute approximate surface area is 153 Å². The summed E-state index contributed by atoms with van der Waals surface area (Å²) in [7, 11) is 0. The van der Waals surface area contributed by atoms with Crippen LogP contribution in [0.4, 0.5) is 0 Å². The number of carbonyl (C=O) groups is 1. The van der Waals surface area contributed by atoms with Gasteiger partial charge in [0.25, 0.3) is 0 Å². The summed E-state index contributed by atoms with van der Waals surface area (Å²) in [5, 5.41) is 19.4. The van der Waals surface area contributed by atoms with Crippen LogP contribution in [0.3, 0.4) is 0 Å². The molecule has 2 rings (SSSR count). The molecule has 1 heterocycles. The lowest BCUT2D eigenvalue weighted by Crippen LogP contribution is -2.41. The van der Waals surface area contributed by atoms with Gasteiger partial charge in [0.05, 0.1) is 12.6 Å². The maximum absolute atomic E-state index is 12.4. The zero-order valence-corrected chi connectivity index (χ0v) is 16.0. The minimum absolute atomic E-state index is 0.0136. The van der Waals surface area contributed by atoms with E-state index < -0.39 is 0 Å². The molecule has 0 unspecified atom stereocenters. The van der Waals surface area contributed by atoms with Gasteiger partial charge >= 0.3 is 0 Å². The Balaban J connectivity index is 2.15. The summed E-state index contributed by atoms with van der Waals surface area (Å²) < 4.78 is 2.06. The maximum atomic E-state index is 12.4. The van der Waals surface area contributed by atoms with Crippen molar-refractivity contribution in [2.75, 3.05) is 6.61 Å². The lowest BCUT2D eigenvalue weighted by Gasteiger charge is -2.25. The summed E-state index contributed by atoms with van der Waals surface area (Å²) in [5.41, 5.74) is 2.05. The third kappa shape index (κ3) is 5.51. The van der Waals surface area contributed by atoms with E-state index in [-0.39, 0.29) is 30.5 Å². The predicted molar refractivity (Wildman–Crippen MR) is 101 cm³/mol. The highest BCUT2D eigenvalue weighted by atomic mass is 32.1. The number of nitrogens with zero attached hydrogens (tertiary/aromatic N) is 2. The quantitative estimate of drug-likeness (QED) is 0.690. The fourth-order valence-corrected chi connectivity index (χ4v) is 2.90. The number of aliphatic hydroxyl groups is 1. The van der Waals surface area contributed by atoms with E-state index >= 15 is 0 Å². The first-order chi connectivity index (χ1) is 11.7. The summed E-state index contributed by atoms with van der Waals surface area (Å²) in [5.74, 6) is 0.422. The van der Waals surface area contributed by atoms with Gasteiger partial charge in [-0.25, -0.2) is 0 Å². The normalized spacial score (nSPS) is 12.8. The van der Waals surface area contributed by atoms with Crippen LogP contribution in [0.25, 0.3) is 11.4 Å². The molecule has 0 fully saturated rings. The third-order valence-electron chi connectivity index (χ3n) is 3.81. The van der Waals surface area contributed by atoms with E-state index in [1.54, 1.807) is 4.57 Å². The first-order valence-electron chi connectivity index (χ1n) is 8.32. The van der Waals surface area contributed by atoms with Crippen LogP contribution in [0.5, 0.6) is 0 Å². The Morgan fingerprint density at radius 3 is 2.56 bits per heavy atom. The average Bonchev–Trinajstić information content (AvgIpc) is 2.87. The van der Waals surface area contributed by atoms with Gasteiger partial charge in [0.2, 0.25) is 5.91 Å². The highest BCUT2D eigenvalue weighted by Gasteiger charge is 2.20. The van der Waals surface area contributed by atoms with Crippen LogP contribution in [0, 0.1) is 17.1 Å². The molecule has 0 radical (unpaired) electrons. The second-order valence-electron chi connectivity index (χ2n) is 7.52. The van der Waals surface area contributed by atoms with Gasteiger partial charge < -0.3 is 10.4 Å². The van der Waals surface area contributed by atoms with Crippen LogP contribution in [0.2, 0.25) is 0 Å². The molecule has 0 bridgehead atoms. The van der Waals surface area contributed by atoms with E-state index in [1.165, 1.54) is 0 Å². The molecule has 3 N–H and O–H groups in total. The summed E-state index contributed by atoms with van der Waals surface area (Å²) in [6.45, 7) is 8.19. The Bertz CT molecular complexity index is 772. The summed E-state index contributed by atoms with van der Waals surface area (Å²) >= 11 is 5.26. The molecule has 2 aromatic rings. The SMILES string of the molecule is Cc1ccc(-c2n[nH]c(=S)n2CC(=O)N[C@@H](CO)CC(C)(C)C)cc1. The van der Waals surface area contributed by atoms with E-state index in [9.17, 15) is 9.90 Å². The van der Waals surface area contributed by atoms with Crippen LogP contribution in [-0.2, 0) is 11.3 Å². The first-order valence-corrected chi connectivity index (χ1v) is 8.73. The number of aryl methyl sites for hydroxylation is 1. The Morgan fingerprint density at radius 2 is 2.00 bits per heavy atom. The number of amides is 1. The molecular weight excluding hydrogens is 336 g/mol. The van der Waals surface area contributed by atoms with Crippen molar-refractivity contribution in [3.05, 3.63) is 34.6 Å². The lowest BCUT2D eigenvalue weighted by atomic mass is 9.88. The highest BCUT2D eigenvalue weighted by molar-refractivity contribution is 7.71. The van der Waals surface area contributed by atoms with Gasteiger partial charge in [-0.15, -0.1) is 0 Å². The molecule has 1 aromatic heterocycles. The Morgan fingerprint density at radius 1 is 1.36 bits per heavy atom. The summed E-state index contributed by atoms with van der Waals surface area (Å²) in [6, 6.07) is 7.59. The van der Waals surface area contributed by atoms with Gasteiger partial charge in [-0.3, -0.25) is 14.5 Å². The molecule has 1 aromatic carbocycles. The monoisotopic (exact) mass is 362 g/mol. The molecule has 0 aliphatic heterocycles. The number of aliphatic hydroxyl groups excluding tert-OH is 1. The fourth-order valence-electron chi connectivity index (χ4n) is 2.70. The smallest absolute Gasteiger partial charge is 0.240 e. The number of aromatic amines is 1. The van der Waals surface area contributed by atoms with Crippen molar-refractivity contribution in [1.82, 2.24) is 20.1 Å². The zero-order valence-electron chi connectivity index (χ0n) is 15.2. The van der Waals surface area contributed by atoms with Crippen molar-refractivity contribution in [2.45, 2.75) is 46.7 Å². The van der Waals surface area contributed by atoms with Gasteiger partial charge in [-0.05, 0) is 31.0 Å². The molecule has 7 heteroatoms. The number of nitrogens with one attached hydrogen (secondary N) is 2. The second kappa shape index (κ2) is 7.93. The van der Waals surface area contributed by atoms with Gasteiger partial charge in [0, 0.05) is 5.56 Å². The number of hydrogen-bond donors (Lipinski definition) is 3. The summed E-state index contributed by atoms with van der Waals surface area (Å²) in [6.07, 6.45) is 0.691. The van der Waals surface area contributed by atoms with Crippen LogP contribution in [0.15, 0.2) is 24.3 Å². The van der Waals surface area contributed by atoms with E-state index in [0.717, 1.165) is 11.1 Å². The fraction of sp³-hybridized carbons (Fsp3) is 0.500. The molecule has 1 amide bonds. The van der Waals surface area contributed by atoms with Crippen molar-refractivity contribution in [3.8, 4) is 11.4 Å². The van der Waals surface area contributed by atoms with Crippen molar-refractivity contribution in [3.63, 3.8) is 0 Å². The van der Waals surface area contributed by atoms with Crippen molar-refractivity contribution in [2.24, 2.45) is 5.41 Å². The Hall–Kier alpha value is -1.99. The highest BCUT2D eigenvalue weighted by Crippen LogP contribution is 2.21. The van der Waals surface area contributed by atoms with Crippen molar-refractivity contribution >= 4 is 18.1 Å². The maximum Gasteiger partial charge on any atom is 0.240 e. The van der Waals surface area contributed by atoms with Crippen molar-refractivity contribution < 1.29 is 9.90 Å². The number of benzene rings is 1. The van der Waals surface area contributed by atoms with E-state index in [4.69, 9.17) is 12.2 Å². The molecule has 0 saturated heterocycles. The number of aromatic nitrogens is 3. The van der Waals surface area contributed by atoms with Crippen LogP contribution in [-0.4, -0.2) is 38.4 Å². The molecule has 0 spiro atoms. The largest absolute Gasteiger partial charge is 0.394 e. The van der Waals surface area contributed by atoms with Gasteiger partial charge in [-0.1, -0.05) is 50.6 Å². The molecular formula is C18H26N4O2S. The van der Waals surface area contributed by atoms with Crippen LogP contribution >= 0.6 is 12.2 Å². The minimum Gasteiger partial charge on any atom is -0.394 e. The minimum atomic E-state index is -0.281. The average molecular weight is 362 g/mol. The molecule has 0 saturated carbocycles. The van der Waals surface area contributed by atoms with E-state index in [0.29, 0.717) is 17.0 Å². The lowest BCUT2D eigenvalue weighted by molar-refractivity contribution is -0.122. The van der Waals surface area contributed by atoms with Crippen LogP contribution in [0.1, 0.15) is 32.8 Å². The van der Waals surface area contributed by atoms with Gasteiger partial charge in [0.15, 0.2) is 10.6 Å². The molecule has 0 aliphatic rings. The second-order valence-corrected chi connectivity index (χ2v) is 7.90. The number of rotatable bonds is 6. The summed E-state index contributed by atoms with van der Waals surface area (Å²) in [4.78, 5) is 12.4. The van der Waals surface area contributed by atoms with Crippen LogP contribution < -0.4 is 5.32 Å². The number of H-pyrrole nitrogens is 1. The third-order valence-corrected chi connectivity index (χ3v) is 4.13. The zero-order chi connectivity index (χ0) is 18.6. The molecule has 0 aliphatic carbocycles. The van der Waals surface area contributed by atoms with Gasteiger partial charge in [0.1, 0.15) is 6.54 Å². The van der Waals surface area contributed by atoms with Gasteiger partial charge in [-0.2, -0.15) is 5.10 Å². The molecule has 1 atom stereocenters. The van der Waals surface area contributed by atoms with E-state index in [1.807, 2.05) is 31.2 Å². The molecule has 25 heavy (non-hydrogen) atoms. The standard InChI is InChI=1S/C18H26N4O2S/c1-12-5-7-13(8-6-12)16-20-21-17(25)22(16)10-15(24)19-14(11-23)9-18(2,3)4/h5-8,14,23H,9-11H2,1-4H3,(H,19,24)(H,21,25)/t14-/m1/s1. The first kappa shape index (κ1) is 19.3.